The van der Waals surface area contributed by atoms with Crippen LogP contribution in [0.15, 0.2) is 60.7 Å². The van der Waals surface area contributed by atoms with Crippen molar-refractivity contribution in [1.29, 1.82) is 0 Å². The minimum atomic E-state index is -0.994. The number of epoxide rings is 1. The average molecular weight is 524 g/mol. The van der Waals surface area contributed by atoms with Crippen molar-refractivity contribution in [3.63, 3.8) is 0 Å². The third-order valence-electron chi connectivity index (χ3n) is 6.06. The molecule has 2 aromatic carbocycles. The Labute approximate surface area is 223 Å². The SMILES string of the molecule is C[C@H](NC(=O)OC(C)(C)C)C(=O)N[C@@H](Cc1ccccc1)C(=O)N[C@@H](Cc1ccccc1)C(=O)[C@@]1(C)CO1. The molecule has 0 bridgehead atoms. The molecule has 3 amide bonds. The zero-order valence-corrected chi connectivity index (χ0v) is 22.6. The zero-order valence-electron chi connectivity index (χ0n) is 22.6. The molecule has 1 fully saturated rings. The van der Waals surface area contributed by atoms with Gasteiger partial charge in [0.25, 0.3) is 0 Å². The minimum absolute atomic E-state index is 0.192. The summed E-state index contributed by atoms with van der Waals surface area (Å²) in [6.45, 7) is 8.66. The van der Waals surface area contributed by atoms with Gasteiger partial charge in [-0.05, 0) is 52.2 Å². The Bertz CT molecular complexity index is 1130. The topological polar surface area (TPSA) is 126 Å². The highest BCUT2D eigenvalue weighted by molar-refractivity contribution is 5.98. The Hall–Kier alpha value is -3.72. The summed E-state index contributed by atoms with van der Waals surface area (Å²) in [5.74, 6) is -1.29. The summed E-state index contributed by atoms with van der Waals surface area (Å²) in [4.78, 5) is 51.9. The molecule has 3 rings (SSSR count). The molecule has 2 aromatic rings. The number of carbonyl (C=O) groups excluding carboxylic acids is 4. The van der Waals surface area contributed by atoms with Gasteiger partial charge in [0.1, 0.15) is 23.3 Å². The Morgan fingerprint density at radius 2 is 1.32 bits per heavy atom. The lowest BCUT2D eigenvalue weighted by molar-refractivity contribution is -0.133. The maximum absolute atomic E-state index is 13.5. The Balaban J connectivity index is 1.76. The number of carbonyl (C=O) groups is 4. The first-order valence-corrected chi connectivity index (χ1v) is 12.7. The number of nitrogens with one attached hydrogen (secondary N) is 3. The molecule has 1 aliphatic heterocycles. The Morgan fingerprint density at radius 3 is 1.79 bits per heavy atom. The number of hydrogen-bond donors (Lipinski definition) is 3. The number of hydrogen-bond acceptors (Lipinski definition) is 6. The van der Waals surface area contributed by atoms with Gasteiger partial charge >= 0.3 is 6.09 Å². The van der Waals surface area contributed by atoms with Crippen molar-refractivity contribution in [1.82, 2.24) is 16.0 Å². The van der Waals surface area contributed by atoms with Crippen molar-refractivity contribution in [3.05, 3.63) is 71.8 Å². The Morgan fingerprint density at radius 1 is 0.842 bits per heavy atom. The van der Waals surface area contributed by atoms with Crippen LogP contribution >= 0.6 is 0 Å². The summed E-state index contributed by atoms with van der Waals surface area (Å²) in [7, 11) is 0. The van der Waals surface area contributed by atoms with Gasteiger partial charge in [-0.15, -0.1) is 0 Å². The summed E-state index contributed by atoms with van der Waals surface area (Å²) >= 11 is 0. The van der Waals surface area contributed by atoms with E-state index in [0.717, 1.165) is 11.1 Å². The van der Waals surface area contributed by atoms with Crippen LogP contribution in [0.1, 0.15) is 45.7 Å². The van der Waals surface area contributed by atoms with Crippen molar-refractivity contribution < 1.29 is 28.7 Å². The standard InChI is InChI=1S/C29H37N3O6/c1-19(30-27(36)38-28(2,3)4)25(34)32-23(17-21-14-10-7-11-15-21)26(35)31-22(24(33)29(5)18-37-29)16-20-12-8-6-9-13-20/h6-15,19,22-23H,16-18H2,1-5H3,(H,30,36)(H,31,35)(H,32,34)/t19-,22-,23-,29+/m0/s1. The second-order valence-corrected chi connectivity index (χ2v) is 10.8. The maximum Gasteiger partial charge on any atom is 0.408 e. The predicted molar refractivity (Wildman–Crippen MR) is 142 cm³/mol. The van der Waals surface area contributed by atoms with E-state index < -0.39 is 47.2 Å². The van der Waals surface area contributed by atoms with Crippen LogP contribution in [-0.4, -0.2) is 59.6 Å². The van der Waals surface area contributed by atoms with E-state index in [4.69, 9.17) is 9.47 Å². The summed E-state index contributed by atoms with van der Waals surface area (Å²) in [5.41, 5.74) is 0.0491. The van der Waals surface area contributed by atoms with Crippen molar-refractivity contribution in [2.24, 2.45) is 0 Å². The molecule has 1 saturated heterocycles. The molecule has 0 unspecified atom stereocenters. The second-order valence-electron chi connectivity index (χ2n) is 10.8. The number of amides is 3. The van der Waals surface area contributed by atoms with E-state index in [0.29, 0.717) is 6.61 Å². The molecule has 4 atom stereocenters. The molecule has 9 heteroatoms. The number of Topliss-reactive ketones (excluding diaryl/α,β-unsaturated/α-hetero) is 1. The molecule has 0 aromatic heterocycles. The van der Waals surface area contributed by atoms with E-state index in [1.165, 1.54) is 6.92 Å². The third kappa shape index (κ3) is 8.69. The molecule has 38 heavy (non-hydrogen) atoms. The molecule has 204 valence electrons. The van der Waals surface area contributed by atoms with E-state index in [9.17, 15) is 19.2 Å². The van der Waals surface area contributed by atoms with Crippen LogP contribution in [0.25, 0.3) is 0 Å². The number of benzene rings is 2. The summed E-state index contributed by atoms with van der Waals surface area (Å²) in [5, 5.41) is 8.07. The number of rotatable bonds is 11. The fourth-order valence-electron chi connectivity index (χ4n) is 3.86. The fourth-order valence-corrected chi connectivity index (χ4v) is 3.86. The van der Waals surface area contributed by atoms with Crippen LogP contribution in [0.3, 0.4) is 0 Å². The smallest absolute Gasteiger partial charge is 0.408 e. The zero-order chi connectivity index (χ0) is 27.9. The van der Waals surface area contributed by atoms with Gasteiger partial charge in [0.2, 0.25) is 11.8 Å². The summed E-state index contributed by atoms with van der Waals surface area (Å²) in [6.07, 6.45) is -0.264. The molecule has 0 radical (unpaired) electrons. The molecule has 1 heterocycles. The van der Waals surface area contributed by atoms with E-state index in [-0.39, 0.29) is 18.6 Å². The van der Waals surface area contributed by atoms with Crippen LogP contribution in [0.4, 0.5) is 4.79 Å². The normalized spacial score (nSPS) is 18.9. The molecule has 0 saturated carbocycles. The first-order chi connectivity index (χ1) is 17.9. The molecule has 3 N–H and O–H groups in total. The van der Waals surface area contributed by atoms with Gasteiger partial charge in [0.15, 0.2) is 5.78 Å². The lowest BCUT2D eigenvalue weighted by Crippen LogP contribution is -2.57. The van der Waals surface area contributed by atoms with Crippen LogP contribution in [0.2, 0.25) is 0 Å². The highest BCUT2D eigenvalue weighted by Gasteiger charge is 2.50. The van der Waals surface area contributed by atoms with Crippen molar-refractivity contribution in [2.75, 3.05) is 6.61 Å². The van der Waals surface area contributed by atoms with Crippen LogP contribution in [0, 0.1) is 0 Å². The largest absolute Gasteiger partial charge is 0.444 e. The van der Waals surface area contributed by atoms with Gasteiger partial charge in [-0.1, -0.05) is 60.7 Å². The molecule has 9 nitrogen and oxygen atoms in total. The molecule has 1 aliphatic rings. The first kappa shape index (κ1) is 28.8. The quantitative estimate of drug-likeness (QED) is 0.389. The maximum atomic E-state index is 13.5. The summed E-state index contributed by atoms with van der Waals surface area (Å²) < 4.78 is 10.6. The highest BCUT2D eigenvalue weighted by Crippen LogP contribution is 2.29. The van der Waals surface area contributed by atoms with E-state index >= 15 is 0 Å². The average Bonchev–Trinajstić information content (AvgIpc) is 3.61. The predicted octanol–water partition coefficient (Wildman–Crippen LogP) is 2.71. The number of ketones is 1. The van der Waals surface area contributed by atoms with E-state index in [2.05, 4.69) is 16.0 Å². The second kappa shape index (κ2) is 12.2. The molecule has 0 spiro atoms. The van der Waals surface area contributed by atoms with Gasteiger partial charge in [-0.25, -0.2) is 4.79 Å². The first-order valence-electron chi connectivity index (χ1n) is 12.7. The van der Waals surface area contributed by atoms with Crippen molar-refractivity contribution in [2.45, 2.75) is 76.8 Å². The van der Waals surface area contributed by atoms with E-state index in [1.807, 2.05) is 60.7 Å². The van der Waals surface area contributed by atoms with Crippen molar-refractivity contribution >= 4 is 23.7 Å². The molecular formula is C29H37N3O6. The van der Waals surface area contributed by atoms with Crippen LogP contribution < -0.4 is 16.0 Å². The minimum Gasteiger partial charge on any atom is -0.444 e. The van der Waals surface area contributed by atoms with Crippen molar-refractivity contribution in [3.8, 4) is 0 Å². The van der Waals surface area contributed by atoms with Gasteiger partial charge in [0, 0.05) is 6.42 Å². The highest BCUT2D eigenvalue weighted by atomic mass is 16.6. The van der Waals surface area contributed by atoms with Gasteiger partial charge in [-0.2, -0.15) is 0 Å². The summed E-state index contributed by atoms with van der Waals surface area (Å²) in [6, 6.07) is 15.8. The molecule has 0 aliphatic carbocycles. The number of alkyl carbamates (subject to hydrolysis) is 1. The number of ether oxygens (including phenoxy) is 2. The fraction of sp³-hybridized carbons (Fsp3) is 0.448. The van der Waals surface area contributed by atoms with E-state index in [1.54, 1.807) is 27.7 Å². The monoisotopic (exact) mass is 523 g/mol. The van der Waals surface area contributed by atoms with Gasteiger partial charge in [0.05, 0.1) is 12.6 Å². The Kier molecular flexibility index (Phi) is 9.27. The molecular weight excluding hydrogens is 486 g/mol. The van der Waals surface area contributed by atoms with Crippen LogP contribution in [-0.2, 0) is 36.7 Å². The van der Waals surface area contributed by atoms with Gasteiger partial charge in [-0.3, -0.25) is 14.4 Å². The van der Waals surface area contributed by atoms with Gasteiger partial charge < -0.3 is 25.4 Å². The third-order valence-corrected chi connectivity index (χ3v) is 6.06. The lowest BCUT2D eigenvalue weighted by Gasteiger charge is -2.26. The lowest BCUT2D eigenvalue weighted by atomic mass is 9.94. The van der Waals surface area contributed by atoms with Crippen LogP contribution in [0.5, 0.6) is 0 Å².